The van der Waals surface area contributed by atoms with Gasteiger partial charge in [0.2, 0.25) is 0 Å². The van der Waals surface area contributed by atoms with E-state index in [9.17, 15) is 14.0 Å². The van der Waals surface area contributed by atoms with Crippen molar-refractivity contribution in [3.8, 4) is 5.75 Å². The van der Waals surface area contributed by atoms with Crippen LogP contribution in [0.3, 0.4) is 0 Å². The molecule has 0 aliphatic rings. The maximum absolute atomic E-state index is 13.6. The van der Waals surface area contributed by atoms with Crippen molar-refractivity contribution < 1.29 is 18.7 Å². The normalized spacial score (nSPS) is 10.3. The van der Waals surface area contributed by atoms with E-state index < -0.39 is 11.7 Å². The first-order valence-electron chi connectivity index (χ1n) is 9.24. The number of amides is 2. The van der Waals surface area contributed by atoms with Crippen LogP contribution in [0.1, 0.15) is 22.8 Å². The molecule has 0 aromatic heterocycles. The molecule has 2 N–H and O–H groups in total. The zero-order valence-electron chi connectivity index (χ0n) is 15.9. The van der Waals surface area contributed by atoms with E-state index >= 15 is 0 Å². The summed E-state index contributed by atoms with van der Waals surface area (Å²) in [4.78, 5) is 24.8. The summed E-state index contributed by atoms with van der Waals surface area (Å²) >= 11 is 0. The SMILES string of the molecule is CCc1ccccc1NC(=O)c1ccccc1OCC(=O)Nc1ccccc1F. The lowest BCUT2D eigenvalue weighted by Crippen LogP contribution is -2.22. The number of nitrogens with one attached hydrogen (secondary N) is 2. The Kier molecular flexibility index (Phi) is 6.58. The van der Waals surface area contributed by atoms with E-state index in [1.165, 1.54) is 18.2 Å². The molecule has 2 amide bonds. The van der Waals surface area contributed by atoms with Crippen molar-refractivity contribution in [1.29, 1.82) is 0 Å². The summed E-state index contributed by atoms with van der Waals surface area (Å²) in [6.45, 7) is 1.65. The number of rotatable bonds is 7. The monoisotopic (exact) mass is 392 g/mol. The smallest absolute Gasteiger partial charge is 0.262 e. The minimum Gasteiger partial charge on any atom is -0.483 e. The Bertz CT molecular complexity index is 1020. The number of carbonyl (C=O) groups is 2. The third-order valence-corrected chi connectivity index (χ3v) is 4.28. The van der Waals surface area contributed by atoms with Gasteiger partial charge in [-0.05, 0) is 42.3 Å². The van der Waals surface area contributed by atoms with Crippen LogP contribution in [0.15, 0.2) is 72.8 Å². The van der Waals surface area contributed by atoms with Crippen LogP contribution >= 0.6 is 0 Å². The highest BCUT2D eigenvalue weighted by molar-refractivity contribution is 6.06. The van der Waals surface area contributed by atoms with E-state index in [0.29, 0.717) is 5.56 Å². The summed E-state index contributed by atoms with van der Waals surface area (Å²) in [5.41, 5.74) is 2.12. The first kappa shape index (κ1) is 20.1. The number of hydrogen-bond acceptors (Lipinski definition) is 3. The van der Waals surface area contributed by atoms with Gasteiger partial charge in [0.05, 0.1) is 11.3 Å². The standard InChI is InChI=1S/C23H21FN2O3/c1-2-16-9-3-6-12-19(16)26-23(28)17-10-4-8-14-21(17)29-15-22(27)25-20-13-7-5-11-18(20)24/h3-14H,2,15H2,1H3,(H,25,27)(H,26,28). The van der Waals surface area contributed by atoms with Gasteiger partial charge < -0.3 is 15.4 Å². The van der Waals surface area contributed by atoms with Crippen LogP contribution in [0, 0.1) is 5.82 Å². The Morgan fingerprint density at radius 3 is 2.28 bits per heavy atom. The average molecular weight is 392 g/mol. The second-order valence-electron chi connectivity index (χ2n) is 6.28. The van der Waals surface area contributed by atoms with Crippen LogP contribution in [-0.2, 0) is 11.2 Å². The molecule has 3 aromatic carbocycles. The summed E-state index contributed by atoms with van der Waals surface area (Å²) in [5.74, 6) is -1.13. The van der Waals surface area contributed by atoms with E-state index in [1.54, 1.807) is 30.3 Å². The van der Waals surface area contributed by atoms with Crippen molar-refractivity contribution >= 4 is 23.2 Å². The molecule has 0 saturated heterocycles. The molecule has 148 valence electrons. The quantitative estimate of drug-likeness (QED) is 0.615. The molecule has 0 aliphatic carbocycles. The fourth-order valence-electron chi connectivity index (χ4n) is 2.81. The Hall–Kier alpha value is -3.67. The molecule has 6 heteroatoms. The van der Waals surface area contributed by atoms with Gasteiger partial charge in [0.25, 0.3) is 11.8 Å². The number of anilines is 2. The fourth-order valence-corrected chi connectivity index (χ4v) is 2.81. The Morgan fingerprint density at radius 1 is 0.862 bits per heavy atom. The average Bonchev–Trinajstić information content (AvgIpc) is 2.74. The van der Waals surface area contributed by atoms with Gasteiger partial charge in [-0.2, -0.15) is 0 Å². The Morgan fingerprint density at radius 2 is 1.52 bits per heavy atom. The van der Waals surface area contributed by atoms with Gasteiger partial charge in [-0.25, -0.2) is 4.39 Å². The van der Waals surface area contributed by atoms with Crippen LogP contribution < -0.4 is 15.4 Å². The molecule has 0 unspecified atom stereocenters. The summed E-state index contributed by atoms with van der Waals surface area (Å²) in [6, 6.07) is 20.1. The van der Waals surface area contributed by atoms with Crippen LogP contribution in [0.4, 0.5) is 15.8 Å². The second-order valence-corrected chi connectivity index (χ2v) is 6.28. The molecule has 0 radical (unpaired) electrons. The predicted octanol–water partition coefficient (Wildman–Crippen LogP) is 4.66. The van der Waals surface area contributed by atoms with E-state index in [4.69, 9.17) is 4.74 Å². The number of carbonyl (C=O) groups excluding carboxylic acids is 2. The second kappa shape index (κ2) is 9.50. The fraction of sp³-hybridized carbons (Fsp3) is 0.130. The van der Waals surface area contributed by atoms with Crippen molar-refractivity contribution in [3.63, 3.8) is 0 Å². The first-order chi connectivity index (χ1) is 14.1. The van der Waals surface area contributed by atoms with Gasteiger partial charge in [0, 0.05) is 5.69 Å². The third-order valence-electron chi connectivity index (χ3n) is 4.28. The number of aryl methyl sites for hydroxylation is 1. The predicted molar refractivity (Wildman–Crippen MR) is 111 cm³/mol. The summed E-state index contributed by atoms with van der Waals surface area (Å²) < 4.78 is 19.2. The van der Waals surface area contributed by atoms with Crippen molar-refractivity contribution in [2.75, 3.05) is 17.2 Å². The molecule has 0 aliphatic heterocycles. The molecule has 3 aromatic rings. The number of halogens is 1. The van der Waals surface area contributed by atoms with Crippen molar-refractivity contribution in [2.45, 2.75) is 13.3 Å². The van der Waals surface area contributed by atoms with Crippen LogP contribution in [0.25, 0.3) is 0 Å². The number of hydrogen-bond donors (Lipinski definition) is 2. The zero-order valence-corrected chi connectivity index (χ0v) is 15.9. The lowest BCUT2D eigenvalue weighted by Gasteiger charge is -2.13. The van der Waals surface area contributed by atoms with Gasteiger partial charge >= 0.3 is 0 Å². The molecule has 0 fully saturated rings. The third kappa shape index (κ3) is 5.19. The zero-order chi connectivity index (χ0) is 20.6. The number of benzene rings is 3. The summed E-state index contributed by atoms with van der Waals surface area (Å²) in [5, 5.41) is 5.33. The molecule has 0 bridgehead atoms. The molecule has 3 rings (SSSR count). The molecule has 0 spiro atoms. The van der Waals surface area contributed by atoms with Gasteiger partial charge in [-0.1, -0.05) is 49.4 Å². The highest BCUT2D eigenvalue weighted by atomic mass is 19.1. The Balaban J connectivity index is 1.68. The topological polar surface area (TPSA) is 67.4 Å². The summed E-state index contributed by atoms with van der Waals surface area (Å²) in [6.07, 6.45) is 0.783. The van der Waals surface area contributed by atoms with Crippen LogP contribution in [0.2, 0.25) is 0 Å². The maximum atomic E-state index is 13.6. The molecule has 5 nitrogen and oxygen atoms in total. The molecule has 29 heavy (non-hydrogen) atoms. The molecular weight excluding hydrogens is 371 g/mol. The number of ether oxygens (including phenoxy) is 1. The van der Waals surface area contributed by atoms with E-state index in [-0.39, 0.29) is 24.0 Å². The van der Waals surface area contributed by atoms with Gasteiger partial charge in [0.15, 0.2) is 6.61 Å². The Labute approximate surface area is 168 Å². The maximum Gasteiger partial charge on any atom is 0.262 e. The van der Waals surface area contributed by atoms with Crippen LogP contribution in [0.5, 0.6) is 5.75 Å². The molecule has 0 atom stereocenters. The van der Waals surface area contributed by atoms with Crippen molar-refractivity contribution in [2.24, 2.45) is 0 Å². The van der Waals surface area contributed by atoms with Crippen LogP contribution in [-0.4, -0.2) is 18.4 Å². The van der Waals surface area contributed by atoms with Crippen molar-refractivity contribution in [3.05, 3.63) is 89.7 Å². The number of para-hydroxylation sites is 3. The van der Waals surface area contributed by atoms with E-state index in [1.807, 2.05) is 31.2 Å². The largest absolute Gasteiger partial charge is 0.483 e. The highest BCUT2D eigenvalue weighted by Crippen LogP contribution is 2.22. The van der Waals surface area contributed by atoms with Crippen molar-refractivity contribution in [1.82, 2.24) is 0 Å². The highest BCUT2D eigenvalue weighted by Gasteiger charge is 2.15. The minimum absolute atomic E-state index is 0.0725. The van der Waals surface area contributed by atoms with Gasteiger partial charge in [-0.15, -0.1) is 0 Å². The molecule has 0 saturated carbocycles. The van der Waals surface area contributed by atoms with Gasteiger partial charge in [-0.3, -0.25) is 9.59 Å². The van der Waals surface area contributed by atoms with Gasteiger partial charge in [0.1, 0.15) is 11.6 Å². The first-order valence-corrected chi connectivity index (χ1v) is 9.24. The minimum atomic E-state index is -0.532. The lowest BCUT2D eigenvalue weighted by atomic mass is 10.1. The lowest BCUT2D eigenvalue weighted by molar-refractivity contribution is -0.118. The molecular formula is C23H21FN2O3. The van der Waals surface area contributed by atoms with E-state index in [0.717, 1.165) is 17.7 Å². The molecule has 0 heterocycles. The van der Waals surface area contributed by atoms with E-state index in [2.05, 4.69) is 10.6 Å². The summed E-state index contributed by atoms with van der Waals surface area (Å²) in [7, 11) is 0.